The molecule has 146 valence electrons. The highest BCUT2D eigenvalue weighted by Crippen LogP contribution is 2.10. The molecule has 0 aliphatic carbocycles. The van der Waals surface area contributed by atoms with Gasteiger partial charge in [-0.2, -0.15) is 0 Å². The fourth-order valence-corrected chi connectivity index (χ4v) is 3.40. The van der Waals surface area contributed by atoms with Gasteiger partial charge in [-0.1, -0.05) is 60.7 Å². The van der Waals surface area contributed by atoms with Crippen LogP contribution < -0.4 is 5.32 Å². The summed E-state index contributed by atoms with van der Waals surface area (Å²) in [6.07, 6.45) is 0.885. The smallest absolute Gasteiger partial charge is 0.237 e. The zero-order valence-corrected chi connectivity index (χ0v) is 16.8. The maximum absolute atomic E-state index is 13.0. The van der Waals surface area contributed by atoms with Crippen LogP contribution in [0.15, 0.2) is 60.7 Å². The summed E-state index contributed by atoms with van der Waals surface area (Å²) in [5.74, 6) is 0.221. The van der Waals surface area contributed by atoms with E-state index < -0.39 is 0 Å². The molecule has 0 spiro atoms. The SMILES string of the molecule is C[C@H]1CNCCN1CC(=O)N(CCc1ccccc1)Cc1ccccc1.Cl. The Balaban J connectivity index is 0.00000261. The number of hydrogen-bond acceptors (Lipinski definition) is 3. The van der Waals surface area contributed by atoms with E-state index in [2.05, 4.69) is 53.5 Å². The van der Waals surface area contributed by atoms with Crippen molar-refractivity contribution in [1.29, 1.82) is 0 Å². The lowest BCUT2D eigenvalue weighted by Gasteiger charge is -2.35. The third-order valence-electron chi connectivity index (χ3n) is 5.06. The molecule has 1 aliphatic rings. The van der Waals surface area contributed by atoms with Gasteiger partial charge in [-0.3, -0.25) is 9.69 Å². The van der Waals surface area contributed by atoms with Gasteiger partial charge >= 0.3 is 0 Å². The Kier molecular flexibility index (Phi) is 8.79. The monoisotopic (exact) mass is 387 g/mol. The fourth-order valence-electron chi connectivity index (χ4n) is 3.40. The maximum Gasteiger partial charge on any atom is 0.237 e. The largest absolute Gasteiger partial charge is 0.337 e. The zero-order chi connectivity index (χ0) is 18.2. The lowest BCUT2D eigenvalue weighted by Crippen LogP contribution is -2.53. The lowest BCUT2D eigenvalue weighted by molar-refractivity contribution is -0.133. The van der Waals surface area contributed by atoms with E-state index in [4.69, 9.17) is 0 Å². The van der Waals surface area contributed by atoms with Gasteiger partial charge in [0.25, 0.3) is 0 Å². The van der Waals surface area contributed by atoms with E-state index in [0.717, 1.165) is 32.6 Å². The molecule has 4 nitrogen and oxygen atoms in total. The first kappa shape index (κ1) is 21.4. The topological polar surface area (TPSA) is 35.6 Å². The van der Waals surface area contributed by atoms with Crippen molar-refractivity contribution in [2.24, 2.45) is 0 Å². The van der Waals surface area contributed by atoms with Gasteiger partial charge in [0.1, 0.15) is 0 Å². The molecule has 2 aromatic carbocycles. The Morgan fingerprint density at radius 1 is 1.07 bits per heavy atom. The number of carbonyl (C=O) groups excluding carboxylic acids is 1. The summed E-state index contributed by atoms with van der Waals surface area (Å²) >= 11 is 0. The van der Waals surface area contributed by atoms with Gasteiger partial charge in [0, 0.05) is 38.8 Å². The number of piperazine rings is 1. The normalized spacial score (nSPS) is 17.1. The van der Waals surface area contributed by atoms with Crippen LogP contribution in [0.4, 0.5) is 0 Å². The van der Waals surface area contributed by atoms with Crippen LogP contribution in [0, 0.1) is 0 Å². The molecule has 1 saturated heterocycles. The van der Waals surface area contributed by atoms with Crippen molar-refractivity contribution >= 4 is 18.3 Å². The van der Waals surface area contributed by atoms with Crippen LogP contribution >= 0.6 is 12.4 Å². The second-order valence-electron chi connectivity index (χ2n) is 7.06. The van der Waals surface area contributed by atoms with Crippen molar-refractivity contribution in [1.82, 2.24) is 15.1 Å². The van der Waals surface area contributed by atoms with Crippen molar-refractivity contribution < 1.29 is 4.79 Å². The second-order valence-corrected chi connectivity index (χ2v) is 7.06. The van der Waals surface area contributed by atoms with E-state index in [9.17, 15) is 4.79 Å². The van der Waals surface area contributed by atoms with Crippen LogP contribution in [-0.4, -0.2) is 54.5 Å². The number of nitrogens with one attached hydrogen (secondary N) is 1. The number of nitrogens with zero attached hydrogens (tertiary/aromatic N) is 2. The van der Waals surface area contributed by atoms with E-state index in [0.29, 0.717) is 19.1 Å². The molecule has 0 radical (unpaired) electrons. The van der Waals surface area contributed by atoms with Gasteiger partial charge in [-0.25, -0.2) is 0 Å². The van der Waals surface area contributed by atoms with Crippen LogP contribution in [0.5, 0.6) is 0 Å². The molecule has 27 heavy (non-hydrogen) atoms. The summed E-state index contributed by atoms with van der Waals surface area (Å²) in [4.78, 5) is 17.3. The summed E-state index contributed by atoms with van der Waals surface area (Å²) in [6.45, 7) is 6.96. The second kappa shape index (κ2) is 11.1. The predicted octanol–water partition coefficient (Wildman–Crippen LogP) is 2.97. The van der Waals surface area contributed by atoms with E-state index in [-0.39, 0.29) is 18.3 Å². The minimum atomic E-state index is 0. The fraction of sp³-hybridized carbons (Fsp3) is 0.409. The molecule has 1 fully saturated rings. The molecule has 0 bridgehead atoms. The highest BCUT2D eigenvalue weighted by atomic mass is 35.5. The number of hydrogen-bond donors (Lipinski definition) is 1. The van der Waals surface area contributed by atoms with Gasteiger partial charge in [0.05, 0.1) is 6.54 Å². The summed E-state index contributed by atoms with van der Waals surface area (Å²) in [5.41, 5.74) is 2.45. The number of rotatable bonds is 7. The van der Waals surface area contributed by atoms with Crippen molar-refractivity contribution in [3.05, 3.63) is 71.8 Å². The number of carbonyl (C=O) groups is 1. The summed E-state index contributed by atoms with van der Waals surface area (Å²) in [6, 6.07) is 21.1. The molecule has 2 aromatic rings. The molecule has 1 amide bonds. The van der Waals surface area contributed by atoms with Gasteiger partial charge in [0.15, 0.2) is 0 Å². The van der Waals surface area contributed by atoms with Crippen LogP contribution in [0.25, 0.3) is 0 Å². The van der Waals surface area contributed by atoms with E-state index in [1.54, 1.807) is 0 Å². The molecule has 1 atom stereocenters. The van der Waals surface area contributed by atoms with Crippen LogP contribution in [-0.2, 0) is 17.8 Å². The number of halogens is 1. The van der Waals surface area contributed by atoms with Gasteiger partial charge < -0.3 is 10.2 Å². The van der Waals surface area contributed by atoms with Crippen molar-refractivity contribution in [2.75, 3.05) is 32.7 Å². The molecule has 3 rings (SSSR count). The third-order valence-corrected chi connectivity index (χ3v) is 5.06. The van der Waals surface area contributed by atoms with E-state index in [1.807, 2.05) is 29.2 Å². The van der Waals surface area contributed by atoms with Crippen LogP contribution in [0.3, 0.4) is 0 Å². The third kappa shape index (κ3) is 6.65. The molecular formula is C22H30ClN3O. The van der Waals surface area contributed by atoms with Crippen LogP contribution in [0.2, 0.25) is 0 Å². The molecule has 0 saturated carbocycles. The van der Waals surface area contributed by atoms with Crippen molar-refractivity contribution in [2.45, 2.75) is 25.9 Å². The highest BCUT2D eigenvalue weighted by Gasteiger charge is 2.23. The van der Waals surface area contributed by atoms with Gasteiger partial charge in [-0.15, -0.1) is 12.4 Å². The molecule has 5 heteroatoms. The Bertz CT molecular complexity index is 680. The standard InChI is InChI=1S/C22H29N3O.ClH/c1-19-16-23-13-15-24(19)18-22(26)25(17-21-10-6-3-7-11-21)14-12-20-8-4-2-5-9-20;/h2-11,19,23H,12-18H2,1H3;1H/t19-;/m0./s1. The number of benzene rings is 2. The summed E-state index contributed by atoms with van der Waals surface area (Å²) in [7, 11) is 0. The van der Waals surface area contributed by atoms with E-state index in [1.165, 1.54) is 11.1 Å². The Labute approximate surface area is 169 Å². The minimum Gasteiger partial charge on any atom is -0.337 e. The molecule has 1 N–H and O–H groups in total. The molecule has 1 heterocycles. The van der Waals surface area contributed by atoms with Gasteiger partial charge in [-0.05, 0) is 24.5 Å². The quantitative estimate of drug-likeness (QED) is 0.793. The molecule has 0 unspecified atom stereocenters. The Morgan fingerprint density at radius 2 is 1.70 bits per heavy atom. The van der Waals surface area contributed by atoms with Crippen molar-refractivity contribution in [3.8, 4) is 0 Å². The van der Waals surface area contributed by atoms with Crippen molar-refractivity contribution in [3.63, 3.8) is 0 Å². The molecule has 0 aromatic heterocycles. The lowest BCUT2D eigenvalue weighted by atomic mass is 10.1. The van der Waals surface area contributed by atoms with Crippen LogP contribution in [0.1, 0.15) is 18.1 Å². The zero-order valence-electron chi connectivity index (χ0n) is 16.0. The summed E-state index contributed by atoms with van der Waals surface area (Å²) in [5, 5.41) is 3.39. The average Bonchev–Trinajstić information content (AvgIpc) is 2.68. The Hall–Kier alpha value is -1.88. The highest BCUT2D eigenvalue weighted by molar-refractivity contribution is 5.85. The average molecular weight is 388 g/mol. The first-order chi connectivity index (χ1) is 12.7. The first-order valence-electron chi connectivity index (χ1n) is 9.53. The molecular weight excluding hydrogens is 358 g/mol. The Morgan fingerprint density at radius 3 is 2.33 bits per heavy atom. The maximum atomic E-state index is 13.0. The van der Waals surface area contributed by atoms with Gasteiger partial charge in [0.2, 0.25) is 5.91 Å². The number of amides is 1. The predicted molar refractivity (Wildman–Crippen MR) is 113 cm³/mol. The summed E-state index contributed by atoms with van der Waals surface area (Å²) < 4.78 is 0. The molecule has 1 aliphatic heterocycles. The first-order valence-corrected chi connectivity index (χ1v) is 9.53. The van der Waals surface area contributed by atoms with E-state index >= 15 is 0 Å². The minimum absolute atomic E-state index is 0.